The van der Waals surface area contributed by atoms with Crippen molar-refractivity contribution < 1.29 is 9.18 Å². The first-order valence-electron chi connectivity index (χ1n) is 5.49. The van der Waals surface area contributed by atoms with Crippen LogP contribution in [0.4, 0.5) is 14.9 Å². The second-order valence-electron chi connectivity index (χ2n) is 3.88. The molecular weight excluding hydrogens is 219 g/mol. The van der Waals surface area contributed by atoms with E-state index >= 15 is 0 Å². The van der Waals surface area contributed by atoms with Gasteiger partial charge in [0, 0.05) is 13.1 Å². The van der Waals surface area contributed by atoms with Crippen LogP contribution >= 0.6 is 0 Å². The Labute approximate surface area is 101 Å². The van der Waals surface area contributed by atoms with Crippen molar-refractivity contribution in [1.29, 1.82) is 0 Å². The molecular formula is C13H17FN2O. The number of anilines is 1. The zero-order valence-corrected chi connectivity index (χ0v) is 10.2. The van der Waals surface area contributed by atoms with E-state index in [1.54, 1.807) is 17.0 Å². The Morgan fingerprint density at radius 1 is 1.47 bits per heavy atom. The van der Waals surface area contributed by atoms with E-state index in [-0.39, 0.29) is 11.7 Å². The molecule has 0 saturated carbocycles. The molecule has 0 atom stereocenters. The standard InChI is InChI=1S/C13H17FN2O/c1-4-16(9-10(2)3)13(17)15-12-8-6-5-7-11(12)14/h5-8H,2,4,9H2,1,3H3,(H,15,17). The molecule has 3 nitrogen and oxygen atoms in total. The molecule has 0 bridgehead atoms. The van der Waals surface area contributed by atoms with Crippen molar-refractivity contribution in [3.05, 3.63) is 42.2 Å². The van der Waals surface area contributed by atoms with Gasteiger partial charge in [0.1, 0.15) is 5.82 Å². The van der Waals surface area contributed by atoms with Crippen LogP contribution in [0.3, 0.4) is 0 Å². The number of nitrogens with one attached hydrogen (secondary N) is 1. The minimum Gasteiger partial charge on any atom is -0.321 e. The van der Waals surface area contributed by atoms with Gasteiger partial charge in [-0.2, -0.15) is 0 Å². The third-order valence-electron chi connectivity index (χ3n) is 2.25. The van der Waals surface area contributed by atoms with Crippen LogP contribution < -0.4 is 5.32 Å². The molecule has 0 spiro atoms. The molecule has 0 unspecified atom stereocenters. The zero-order valence-electron chi connectivity index (χ0n) is 10.2. The molecule has 0 aromatic heterocycles. The Morgan fingerprint density at radius 3 is 2.65 bits per heavy atom. The fourth-order valence-corrected chi connectivity index (χ4v) is 1.41. The molecule has 1 aromatic rings. The molecule has 0 radical (unpaired) electrons. The van der Waals surface area contributed by atoms with E-state index in [1.807, 2.05) is 13.8 Å². The van der Waals surface area contributed by atoms with Gasteiger partial charge in [-0.3, -0.25) is 0 Å². The molecule has 0 heterocycles. The van der Waals surface area contributed by atoms with Gasteiger partial charge >= 0.3 is 6.03 Å². The van der Waals surface area contributed by atoms with Gasteiger partial charge in [0.05, 0.1) is 5.69 Å². The van der Waals surface area contributed by atoms with Gasteiger partial charge < -0.3 is 10.2 Å². The Morgan fingerprint density at radius 2 is 2.12 bits per heavy atom. The summed E-state index contributed by atoms with van der Waals surface area (Å²) in [6.07, 6.45) is 0. The van der Waals surface area contributed by atoms with Crippen LogP contribution in [-0.2, 0) is 0 Å². The molecule has 1 rings (SSSR count). The number of para-hydroxylation sites is 1. The average Bonchev–Trinajstić information content (AvgIpc) is 2.28. The summed E-state index contributed by atoms with van der Waals surface area (Å²) in [5, 5.41) is 2.54. The Bertz CT molecular complexity index is 418. The van der Waals surface area contributed by atoms with Gasteiger partial charge in [0.15, 0.2) is 0 Å². The third-order valence-corrected chi connectivity index (χ3v) is 2.25. The number of rotatable bonds is 4. The molecule has 92 valence electrons. The van der Waals surface area contributed by atoms with E-state index in [4.69, 9.17) is 0 Å². The van der Waals surface area contributed by atoms with Crippen molar-refractivity contribution in [3.8, 4) is 0 Å². The SMILES string of the molecule is C=C(C)CN(CC)C(=O)Nc1ccccc1F. The van der Waals surface area contributed by atoms with Gasteiger partial charge in [-0.15, -0.1) is 0 Å². The molecule has 17 heavy (non-hydrogen) atoms. The molecule has 0 fully saturated rings. The Hall–Kier alpha value is -1.84. The number of urea groups is 1. The van der Waals surface area contributed by atoms with Crippen LogP contribution in [0.2, 0.25) is 0 Å². The predicted molar refractivity (Wildman–Crippen MR) is 67.5 cm³/mol. The van der Waals surface area contributed by atoms with Gasteiger partial charge in [-0.1, -0.05) is 24.3 Å². The molecule has 1 aromatic carbocycles. The number of likely N-dealkylation sites (N-methyl/N-ethyl adjacent to an activating group) is 1. The largest absolute Gasteiger partial charge is 0.322 e. The van der Waals surface area contributed by atoms with Crippen LogP contribution in [0.15, 0.2) is 36.4 Å². The second kappa shape index (κ2) is 6.03. The van der Waals surface area contributed by atoms with Crippen molar-refractivity contribution in [2.75, 3.05) is 18.4 Å². The summed E-state index contributed by atoms with van der Waals surface area (Å²) in [6, 6.07) is 5.78. The quantitative estimate of drug-likeness (QED) is 0.799. The highest BCUT2D eigenvalue weighted by Gasteiger charge is 2.12. The second-order valence-corrected chi connectivity index (χ2v) is 3.88. The molecule has 0 aliphatic carbocycles. The highest BCUT2D eigenvalue weighted by atomic mass is 19.1. The number of benzene rings is 1. The molecule has 0 aliphatic heterocycles. The lowest BCUT2D eigenvalue weighted by Crippen LogP contribution is -2.36. The predicted octanol–water partition coefficient (Wildman–Crippen LogP) is 3.26. The fourth-order valence-electron chi connectivity index (χ4n) is 1.41. The fraction of sp³-hybridized carbons (Fsp3) is 0.308. The summed E-state index contributed by atoms with van der Waals surface area (Å²) < 4.78 is 13.3. The zero-order chi connectivity index (χ0) is 12.8. The number of carbonyl (C=O) groups is 1. The lowest BCUT2D eigenvalue weighted by atomic mass is 10.3. The van der Waals surface area contributed by atoms with Gasteiger partial charge in [0.2, 0.25) is 0 Å². The number of halogens is 1. The van der Waals surface area contributed by atoms with Crippen LogP contribution in [-0.4, -0.2) is 24.0 Å². The highest BCUT2D eigenvalue weighted by Crippen LogP contribution is 2.13. The number of nitrogens with zero attached hydrogens (tertiary/aromatic N) is 1. The smallest absolute Gasteiger partial charge is 0.321 e. The Kier molecular flexibility index (Phi) is 4.69. The number of hydrogen-bond donors (Lipinski definition) is 1. The minimum atomic E-state index is -0.438. The molecule has 0 aliphatic rings. The molecule has 1 N–H and O–H groups in total. The van der Waals surface area contributed by atoms with Crippen LogP contribution in [0.1, 0.15) is 13.8 Å². The van der Waals surface area contributed by atoms with Crippen molar-refractivity contribution in [1.82, 2.24) is 4.90 Å². The lowest BCUT2D eigenvalue weighted by molar-refractivity contribution is 0.218. The summed E-state index contributed by atoms with van der Waals surface area (Å²) in [6.45, 7) is 8.48. The van der Waals surface area contributed by atoms with Crippen LogP contribution in [0.25, 0.3) is 0 Å². The maximum atomic E-state index is 13.3. The van der Waals surface area contributed by atoms with Crippen molar-refractivity contribution in [2.24, 2.45) is 0 Å². The van der Waals surface area contributed by atoms with E-state index in [9.17, 15) is 9.18 Å². The van der Waals surface area contributed by atoms with E-state index in [0.29, 0.717) is 13.1 Å². The summed E-state index contributed by atoms with van der Waals surface area (Å²) >= 11 is 0. The highest BCUT2D eigenvalue weighted by molar-refractivity contribution is 5.89. The molecule has 2 amide bonds. The van der Waals surface area contributed by atoms with Gasteiger partial charge in [-0.05, 0) is 26.0 Å². The van der Waals surface area contributed by atoms with E-state index in [2.05, 4.69) is 11.9 Å². The van der Waals surface area contributed by atoms with Crippen LogP contribution in [0.5, 0.6) is 0 Å². The summed E-state index contributed by atoms with van der Waals surface area (Å²) in [5.41, 5.74) is 1.08. The summed E-state index contributed by atoms with van der Waals surface area (Å²) in [5.74, 6) is -0.438. The monoisotopic (exact) mass is 236 g/mol. The van der Waals surface area contributed by atoms with E-state index in [1.165, 1.54) is 12.1 Å². The lowest BCUT2D eigenvalue weighted by Gasteiger charge is -2.21. The Balaban J connectivity index is 2.71. The van der Waals surface area contributed by atoms with E-state index in [0.717, 1.165) is 5.57 Å². The maximum absolute atomic E-state index is 13.3. The summed E-state index contributed by atoms with van der Waals surface area (Å²) in [7, 11) is 0. The number of carbonyl (C=O) groups excluding carboxylic acids is 1. The maximum Gasteiger partial charge on any atom is 0.322 e. The van der Waals surface area contributed by atoms with Crippen molar-refractivity contribution in [3.63, 3.8) is 0 Å². The normalized spacial score (nSPS) is 9.82. The third kappa shape index (κ3) is 3.90. The number of hydrogen-bond acceptors (Lipinski definition) is 1. The van der Waals surface area contributed by atoms with Gasteiger partial charge in [-0.25, -0.2) is 9.18 Å². The van der Waals surface area contributed by atoms with Crippen molar-refractivity contribution in [2.45, 2.75) is 13.8 Å². The molecule has 0 saturated heterocycles. The number of amides is 2. The topological polar surface area (TPSA) is 32.3 Å². The minimum absolute atomic E-state index is 0.192. The summed E-state index contributed by atoms with van der Waals surface area (Å²) in [4.78, 5) is 13.4. The van der Waals surface area contributed by atoms with Gasteiger partial charge in [0.25, 0.3) is 0 Å². The average molecular weight is 236 g/mol. The first kappa shape index (κ1) is 13.2. The van der Waals surface area contributed by atoms with E-state index < -0.39 is 5.82 Å². The first-order valence-corrected chi connectivity index (χ1v) is 5.49. The first-order chi connectivity index (χ1) is 8.04. The van der Waals surface area contributed by atoms with Crippen LogP contribution in [0, 0.1) is 5.82 Å². The van der Waals surface area contributed by atoms with Crippen molar-refractivity contribution >= 4 is 11.7 Å². The molecule has 4 heteroatoms.